The first-order valence-electron chi connectivity index (χ1n) is 6.63. The Bertz CT molecular complexity index is 431. The van der Waals surface area contributed by atoms with Gasteiger partial charge in [0.25, 0.3) is 0 Å². The maximum atomic E-state index is 4.03. The number of benzene rings is 1. The van der Waals surface area contributed by atoms with Crippen molar-refractivity contribution in [1.29, 1.82) is 0 Å². The van der Waals surface area contributed by atoms with Crippen LogP contribution in [0.2, 0.25) is 0 Å². The summed E-state index contributed by atoms with van der Waals surface area (Å²) in [6, 6.07) is 8.84. The van der Waals surface area contributed by atoms with Crippen molar-refractivity contribution in [3.05, 3.63) is 54.1 Å². The Balaban J connectivity index is 1.62. The Morgan fingerprint density at radius 2 is 1.94 bits per heavy atom. The van der Waals surface area contributed by atoms with Gasteiger partial charge in [-0.25, -0.2) is 4.98 Å². The number of hydrogen-bond donors (Lipinski definition) is 1. The number of nitrogens with zero attached hydrogens (tertiary/aromatic N) is 2. The molecule has 3 heteroatoms. The van der Waals surface area contributed by atoms with Gasteiger partial charge < -0.3 is 9.88 Å². The molecule has 0 spiro atoms. The molecule has 1 heterocycles. The first-order chi connectivity index (χ1) is 8.88. The van der Waals surface area contributed by atoms with E-state index in [1.54, 1.807) is 0 Å². The van der Waals surface area contributed by atoms with Crippen molar-refractivity contribution in [2.75, 3.05) is 6.54 Å². The Morgan fingerprint density at radius 1 is 1.17 bits per heavy atom. The Labute approximate surface area is 109 Å². The second kappa shape index (κ2) is 6.97. The smallest absolute Gasteiger partial charge is 0.0945 e. The molecule has 0 radical (unpaired) electrons. The molecule has 3 nitrogen and oxygen atoms in total. The monoisotopic (exact) mass is 243 g/mol. The zero-order valence-electron chi connectivity index (χ0n) is 11.0. The van der Waals surface area contributed by atoms with E-state index >= 15 is 0 Å². The molecule has 1 N–H and O–H groups in total. The van der Waals surface area contributed by atoms with Crippen molar-refractivity contribution in [2.24, 2.45) is 0 Å². The topological polar surface area (TPSA) is 29.9 Å². The van der Waals surface area contributed by atoms with Gasteiger partial charge >= 0.3 is 0 Å². The van der Waals surface area contributed by atoms with Gasteiger partial charge in [-0.15, -0.1) is 0 Å². The molecular formula is C15H21N3. The van der Waals surface area contributed by atoms with Crippen molar-refractivity contribution in [1.82, 2.24) is 14.9 Å². The van der Waals surface area contributed by atoms with Crippen LogP contribution in [0, 0.1) is 0 Å². The lowest BCUT2D eigenvalue weighted by Gasteiger charge is -2.06. The average Bonchev–Trinajstić information content (AvgIpc) is 2.92. The van der Waals surface area contributed by atoms with Gasteiger partial charge in [-0.1, -0.05) is 31.2 Å². The maximum absolute atomic E-state index is 4.03. The molecule has 2 rings (SSSR count). The maximum Gasteiger partial charge on any atom is 0.0945 e. The SMILES string of the molecule is CCc1ccc(CNCCCn2ccnc2)cc1. The number of imidazole rings is 1. The Hall–Kier alpha value is -1.61. The van der Waals surface area contributed by atoms with Crippen molar-refractivity contribution in [3.63, 3.8) is 0 Å². The highest BCUT2D eigenvalue weighted by Gasteiger charge is 1.94. The summed E-state index contributed by atoms with van der Waals surface area (Å²) in [5.41, 5.74) is 2.76. The van der Waals surface area contributed by atoms with E-state index in [-0.39, 0.29) is 0 Å². The van der Waals surface area contributed by atoms with Crippen LogP contribution in [0.25, 0.3) is 0 Å². The van der Waals surface area contributed by atoms with Gasteiger partial charge in [-0.3, -0.25) is 0 Å². The van der Waals surface area contributed by atoms with Gasteiger partial charge in [-0.05, 0) is 30.5 Å². The number of aromatic nitrogens is 2. The standard InChI is InChI=1S/C15H21N3/c1-2-14-4-6-15(7-5-14)12-16-8-3-10-18-11-9-17-13-18/h4-7,9,11,13,16H,2-3,8,10,12H2,1H3. The predicted molar refractivity (Wildman–Crippen MR) is 74.4 cm³/mol. The highest BCUT2D eigenvalue weighted by Crippen LogP contribution is 2.04. The van der Waals surface area contributed by atoms with E-state index < -0.39 is 0 Å². The van der Waals surface area contributed by atoms with E-state index in [4.69, 9.17) is 0 Å². The highest BCUT2D eigenvalue weighted by atomic mass is 15.0. The second-order valence-corrected chi connectivity index (χ2v) is 4.50. The quantitative estimate of drug-likeness (QED) is 0.758. The molecule has 96 valence electrons. The summed E-state index contributed by atoms with van der Waals surface area (Å²) in [6.07, 6.45) is 7.93. The Morgan fingerprint density at radius 3 is 2.61 bits per heavy atom. The third-order valence-electron chi connectivity index (χ3n) is 3.09. The van der Waals surface area contributed by atoms with Gasteiger partial charge in [0.1, 0.15) is 0 Å². The Kier molecular flexibility index (Phi) is 4.97. The minimum Gasteiger partial charge on any atom is -0.337 e. The van der Waals surface area contributed by atoms with E-state index in [0.717, 1.165) is 32.5 Å². The van der Waals surface area contributed by atoms with Crippen LogP contribution >= 0.6 is 0 Å². The molecule has 1 aromatic carbocycles. The number of nitrogens with one attached hydrogen (secondary N) is 1. The largest absolute Gasteiger partial charge is 0.337 e. The molecule has 0 amide bonds. The zero-order chi connectivity index (χ0) is 12.6. The highest BCUT2D eigenvalue weighted by molar-refractivity contribution is 5.22. The molecule has 18 heavy (non-hydrogen) atoms. The number of hydrogen-bond acceptors (Lipinski definition) is 2. The molecule has 0 bridgehead atoms. The van der Waals surface area contributed by atoms with E-state index in [1.807, 2.05) is 18.7 Å². The van der Waals surface area contributed by atoms with Gasteiger partial charge in [0, 0.05) is 25.5 Å². The summed E-state index contributed by atoms with van der Waals surface area (Å²) in [5, 5.41) is 3.47. The molecule has 0 fully saturated rings. The van der Waals surface area contributed by atoms with Gasteiger partial charge in [0.2, 0.25) is 0 Å². The predicted octanol–water partition coefficient (Wildman–Crippen LogP) is 2.63. The summed E-state index contributed by atoms with van der Waals surface area (Å²) >= 11 is 0. The van der Waals surface area contributed by atoms with E-state index in [2.05, 4.69) is 46.1 Å². The van der Waals surface area contributed by atoms with Crippen LogP contribution in [-0.4, -0.2) is 16.1 Å². The molecule has 0 aliphatic heterocycles. The van der Waals surface area contributed by atoms with Gasteiger partial charge in [0.15, 0.2) is 0 Å². The molecule has 0 unspecified atom stereocenters. The number of aryl methyl sites for hydroxylation is 2. The summed E-state index contributed by atoms with van der Waals surface area (Å²) in [6.45, 7) is 5.20. The van der Waals surface area contributed by atoms with Crippen LogP contribution in [-0.2, 0) is 19.5 Å². The summed E-state index contributed by atoms with van der Waals surface area (Å²) in [7, 11) is 0. The van der Waals surface area contributed by atoms with Crippen LogP contribution < -0.4 is 5.32 Å². The molecule has 2 aromatic rings. The van der Waals surface area contributed by atoms with Crippen molar-refractivity contribution < 1.29 is 0 Å². The fourth-order valence-corrected chi connectivity index (χ4v) is 1.93. The minimum absolute atomic E-state index is 0.952. The van der Waals surface area contributed by atoms with Crippen molar-refractivity contribution in [3.8, 4) is 0 Å². The van der Waals surface area contributed by atoms with Gasteiger partial charge in [-0.2, -0.15) is 0 Å². The normalized spacial score (nSPS) is 10.7. The van der Waals surface area contributed by atoms with E-state index in [9.17, 15) is 0 Å². The van der Waals surface area contributed by atoms with Crippen LogP contribution in [0.15, 0.2) is 43.0 Å². The van der Waals surface area contributed by atoms with Crippen molar-refractivity contribution >= 4 is 0 Å². The average molecular weight is 243 g/mol. The molecule has 0 atom stereocenters. The number of rotatable bonds is 7. The van der Waals surface area contributed by atoms with Crippen LogP contribution in [0.1, 0.15) is 24.5 Å². The molecule has 0 aliphatic carbocycles. The van der Waals surface area contributed by atoms with Crippen LogP contribution in [0.4, 0.5) is 0 Å². The second-order valence-electron chi connectivity index (χ2n) is 4.50. The summed E-state index contributed by atoms with van der Waals surface area (Å²) < 4.78 is 2.11. The third-order valence-corrected chi connectivity index (χ3v) is 3.09. The fraction of sp³-hybridized carbons (Fsp3) is 0.400. The van der Waals surface area contributed by atoms with Crippen molar-refractivity contribution in [2.45, 2.75) is 32.9 Å². The minimum atomic E-state index is 0.952. The first-order valence-corrected chi connectivity index (χ1v) is 6.63. The lowest BCUT2D eigenvalue weighted by molar-refractivity contribution is 0.580. The van der Waals surface area contributed by atoms with E-state index in [1.165, 1.54) is 11.1 Å². The molecular weight excluding hydrogens is 222 g/mol. The molecule has 0 saturated carbocycles. The van der Waals surface area contributed by atoms with Crippen LogP contribution in [0.5, 0.6) is 0 Å². The summed E-state index contributed by atoms with van der Waals surface area (Å²) in [5.74, 6) is 0. The summed E-state index contributed by atoms with van der Waals surface area (Å²) in [4.78, 5) is 4.03. The fourth-order valence-electron chi connectivity index (χ4n) is 1.93. The molecule has 1 aromatic heterocycles. The molecule has 0 saturated heterocycles. The lowest BCUT2D eigenvalue weighted by atomic mass is 10.1. The zero-order valence-corrected chi connectivity index (χ0v) is 11.0. The molecule has 0 aliphatic rings. The lowest BCUT2D eigenvalue weighted by Crippen LogP contribution is -2.16. The first kappa shape index (κ1) is 12.8. The van der Waals surface area contributed by atoms with E-state index in [0.29, 0.717) is 0 Å². The third kappa shape index (κ3) is 4.00. The van der Waals surface area contributed by atoms with Gasteiger partial charge in [0.05, 0.1) is 6.33 Å². The van der Waals surface area contributed by atoms with Crippen LogP contribution in [0.3, 0.4) is 0 Å².